The molecule has 0 spiro atoms. The SMILES string of the molecule is Cc1ccc(Nc2cc(Cl)nc(S(C)(=O)=O)n2)cc1. The normalized spacial score (nSPS) is 11.3. The van der Waals surface area contributed by atoms with E-state index in [0.29, 0.717) is 5.82 Å². The number of aryl methyl sites for hydroxylation is 1. The van der Waals surface area contributed by atoms with E-state index in [9.17, 15) is 8.42 Å². The van der Waals surface area contributed by atoms with Crippen LogP contribution >= 0.6 is 11.6 Å². The second kappa shape index (κ2) is 5.14. The van der Waals surface area contributed by atoms with E-state index in [-0.39, 0.29) is 10.3 Å². The van der Waals surface area contributed by atoms with Crippen LogP contribution in [0.2, 0.25) is 5.15 Å². The van der Waals surface area contributed by atoms with Crippen LogP contribution in [0.4, 0.5) is 11.5 Å². The minimum absolute atomic E-state index is 0.0741. The van der Waals surface area contributed by atoms with Crippen molar-refractivity contribution in [3.8, 4) is 0 Å². The van der Waals surface area contributed by atoms with Crippen LogP contribution in [0.5, 0.6) is 0 Å². The average molecular weight is 298 g/mol. The lowest BCUT2D eigenvalue weighted by Crippen LogP contribution is -2.06. The van der Waals surface area contributed by atoms with Crippen LogP contribution < -0.4 is 5.32 Å². The lowest BCUT2D eigenvalue weighted by atomic mass is 10.2. The number of hydrogen-bond acceptors (Lipinski definition) is 5. The van der Waals surface area contributed by atoms with Crippen molar-refractivity contribution < 1.29 is 8.42 Å². The molecule has 0 saturated carbocycles. The van der Waals surface area contributed by atoms with Crippen molar-refractivity contribution in [2.24, 2.45) is 0 Å². The van der Waals surface area contributed by atoms with Crippen LogP contribution in [0, 0.1) is 6.92 Å². The number of hydrogen-bond donors (Lipinski definition) is 1. The van der Waals surface area contributed by atoms with E-state index >= 15 is 0 Å². The maximum Gasteiger partial charge on any atom is 0.250 e. The second-order valence-electron chi connectivity index (χ2n) is 4.12. The van der Waals surface area contributed by atoms with Gasteiger partial charge in [0.2, 0.25) is 15.0 Å². The summed E-state index contributed by atoms with van der Waals surface area (Å²) in [5, 5.41) is 2.76. The third-order valence-corrected chi connectivity index (χ3v) is 3.37. The van der Waals surface area contributed by atoms with Gasteiger partial charge in [0.05, 0.1) is 0 Å². The van der Waals surface area contributed by atoms with Crippen LogP contribution in [-0.4, -0.2) is 24.6 Å². The number of nitrogens with zero attached hydrogens (tertiary/aromatic N) is 2. The first-order valence-electron chi connectivity index (χ1n) is 5.43. The number of rotatable bonds is 3. The first-order valence-corrected chi connectivity index (χ1v) is 7.70. The summed E-state index contributed by atoms with van der Waals surface area (Å²) in [6, 6.07) is 9.07. The Morgan fingerprint density at radius 3 is 2.37 bits per heavy atom. The molecule has 0 unspecified atom stereocenters. The molecule has 7 heteroatoms. The average Bonchev–Trinajstić information content (AvgIpc) is 2.30. The molecule has 0 amide bonds. The summed E-state index contributed by atoms with van der Waals surface area (Å²) in [7, 11) is -3.49. The molecule has 1 N–H and O–H groups in total. The van der Waals surface area contributed by atoms with Crippen LogP contribution in [0.3, 0.4) is 0 Å². The van der Waals surface area contributed by atoms with E-state index in [0.717, 1.165) is 17.5 Å². The van der Waals surface area contributed by atoms with Gasteiger partial charge in [0, 0.05) is 18.0 Å². The zero-order valence-corrected chi connectivity index (χ0v) is 12.0. The van der Waals surface area contributed by atoms with Crippen LogP contribution in [0.25, 0.3) is 0 Å². The summed E-state index contributed by atoms with van der Waals surface area (Å²) < 4.78 is 22.8. The third-order valence-electron chi connectivity index (χ3n) is 2.33. The van der Waals surface area contributed by atoms with Crippen molar-refractivity contribution in [3.05, 3.63) is 41.0 Å². The molecule has 1 heterocycles. The molecular formula is C12H12ClN3O2S. The summed E-state index contributed by atoms with van der Waals surface area (Å²) in [5.41, 5.74) is 1.92. The van der Waals surface area contributed by atoms with Crippen LogP contribution in [-0.2, 0) is 9.84 Å². The Bertz CT molecular complexity index is 699. The molecule has 0 atom stereocenters. The predicted octanol–water partition coefficient (Wildman–Crippen LogP) is 2.59. The molecule has 0 bridgehead atoms. The fourth-order valence-electron chi connectivity index (χ4n) is 1.41. The van der Waals surface area contributed by atoms with E-state index in [1.807, 2.05) is 31.2 Å². The Kier molecular flexibility index (Phi) is 3.73. The van der Waals surface area contributed by atoms with E-state index in [1.165, 1.54) is 6.07 Å². The van der Waals surface area contributed by atoms with Gasteiger partial charge < -0.3 is 5.32 Å². The second-order valence-corrected chi connectivity index (χ2v) is 6.42. The number of sulfone groups is 1. The number of nitrogens with one attached hydrogen (secondary N) is 1. The van der Waals surface area contributed by atoms with Gasteiger partial charge in [-0.25, -0.2) is 18.4 Å². The van der Waals surface area contributed by atoms with E-state index in [2.05, 4.69) is 15.3 Å². The van der Waals surface area contributed by atoms with Crippen molar-refractivity contribution in [1.82, 2.24) is 9.97 Å². The van der Waals surface area contributed by atoms with E-state index < -0.39 is 9.84 Å². The molecule has 1 aromatic heterocycles. The number of halogens is 1. The molecule has 2 rings (SSSR count). The highest BCUT2D eigenvalue weighted by atomic mass is 35.5. The summed E-state index contributed by atoms with van der Waals surface area (Å²) in [5.74, 6) is 0.337. The Hall–Kier alpha value is -1.66. The smallest absolute Gasteiger partial charge is 0.250 e. The fraction of sp³-hybridized carbons (Fsp3) is 0.167. The minimum atomic E-state index is -3.49. The Morgan fingerprint density at radius 2 is 1.79 bits per heavy atom. The van der Waals surface area contributed by atoms with Crippen molar-refractivity contribution in [1.29, 1.82) is 0 Å². The zero-order valence-electron chi connectivity index (χ0n) is 10.4. The fourth-order valence-corrected chi connectivity index (χ4v) is 2.17. The van der Waals surface area contributed by atoms with E-state index in [1.54, 1.807) is 0 Å². The van der Waals surface area contributed by atoms with Crippen LogP contribution in [0.15, 0.2) is 35.5 Å². The van der Waals surface area contributed by atoms with Gasteiger partial charge in [0.25, 0.3) is 0 Å². The molecule has 19 heavy (non-hydrogen) atoms. The minimum Gasteiger partial charge on any atom is -0.340 e. The molecule has 0 radical (unpaired) electrons. The molecule has 0 aliphatic heterocycles. The number of anilines is 2. The molecule has 0 fully saturated rings. The van der Waals surface area contributed by atoms with Crippen molar-refractivity contribution >= 4 is 32.9 Å². The molecule has 5 nitrogen and oxygen atoms in total. The Balaban J connectivity index is 2.35. The third kappa shape index (κ3) is 3.65. The zero-order chi connectivity index (χ0) is 14.0. The maximum absolute atomic E-state index is 11.4. The highest BCUT2D eigenvalue weighted by Crippen LogP contribution is 2.19. The molecule has 2 aromatic rings. The van der Waals surface area contributed by atoms with Gasteiger partial charge in [-0.05, 0) is 19.1 Å². The van der Waals surface area contributed by atoms with Gasteiger partial charge in [0.15, 0.2) is 0 Å². The number of benzene rings is 1. The van der Waals surface area contributed by atoms with Gasteiger partial charge in [-0.1, -0.05) is 29.3 Å². The molecule has 0 aliphatic carbocycles. The topological polar surface area (TPSA) is 72.0 Å². The van der Waals surface area contributed by atoms with Crippen molar-refractivity contribution in [2.45, 2.75) is 12.1 Å². The highest BCUT2D eigenvalue weighted by molar-refractivity contribution is 7.90. The Labute approximate surface area is 116 Å². The highest BCUT2D eigenvalue weighted by Gasteiger charge is 2.13. The molecule has 0 saturated heterocycles. The number of aromatic nitrogens is 2. The maximum atomic E-state index is 11.4. The largest absolute Gasteiger partial charge is 0.340 e. The lowest BCUT2D eigenvalue weighted by Gasteiger charge is -2.07. The molecule has 100 valence electrons. The first-order chi connectivity index (χ1) is 8.84. The summed E-state index contributed by atoms with van der Waals surface area (Å²) in [6.45, 7) is 1.98. The van der Waals surface area contributed by atoms with Gasteiger partial charge in [-0.3, -0.25) is 0 Å². The standard InChI is InChI=1S/C12H12ClN3O2S/c1-8-3-5-9(6-4-8)14-11-7-10(13)15-12(16-11)19(2,17)18/h3-7H,1-2H3,(H,14,15,16). The summed E-state index contributed by atoms with van der Waals surface area (Å²) in [6.07, 6.45) is 1.04. The van der Waals surface area contributed by atoms with Gasteiger partial charge >= 0.3 is 0 Å². The van der Waals surface area contributed by atoms with E-state index in [4.69, 9.17) is 11.6 Å². The van der Waals surface area contributed by atoms with Gasteiger partial charge in [-0.15, -0.1) is 0 Å². The van der Waals surface area contributed by atoms with Crippen LogP contribution in [0.1, 0.15) is 5.56 Å². The molecular weight excluding hydrogens is 286 g/mol. The van der Waals surface area contributed by atoms with Crippen molar-refractivity contribution in [2.75, 3.05) is 11.6 Å². The van der Waals surface area contributed by atoms with Gasteiger partial charge in [0.1, 0.15) is 11.0 Å². The summed E-state index contributed by atoms with van der Waals surface area (Å²) >= 11 is 5.79. The first kappa shape index (κ1) is 13.8. The van der Waals surface area contributed by atoms with Crippen molar-refractivity contribution in [3.63, 3.8) is 0 Å². The summed E-state index contributed by atoms with van der Waals surface area (Å²) in [4.78, 5) is 7.62. The monoisotopic (exact) mass is 297 g/mol. The molecule has 1 aromatic carbocycles. The lowest BCUT2D eigenvalue weighted by molar-refractivity contribution is 0.593. The Morgan fingerprint density at radius 1 is 1.16 bits per heavy atom. The molecule has 0 aliphatic rings. The predicted molar refractivity (Wildman–Crippen MR) is 74.6 cm³/mol. The van der Waals surface area contributed by atoms with Gasteiger partial charge in [-0.2, -0.15) is 0 Å². The quantitative estimate of drug-likeness (QED) is 0.696.